The van der Waals surface area contributed by atoms with Gasteiger partial charge in [0.05, 0.1) is 7.11 Å². The molecule has 0 saturated heterocycles. The predicted octanol–water partition coefficient (Wildman–Crippen LogP) is 4.16. The van der Waals surface area contributed by atoms with Crippen LogP contribution in [0.3, 0.4) is 0 Å². The summed E-state index contributed by atoms with van der Waals surface area (Å²) in [5.41, 5.74) is 0.734. The lowest BCUT2D eigenvalue weighted by Gasteiger charge is -2.57. The van der Waals surface area contributed by atoms with Gasteiger partial charge in [0.25, 0.3) is 0 Å². The van der Waals surface area contributed by atoms with E-state index < -0.39 is 23.0 Å². The lowest BCUT2D eigenvalue weighted by atomic mass is 9.47. The Morgan fingerprint density at radius 2 is 1.79 bits per heavy atom. The third-order valence-electron chi connectivity index (χ3n) is 8.78. The molecular formula is C24H32O5. The summed E-state index contributed by atoms with van der Waals surface area (Å²) in [4.78, 5) is 37.0. The van der Waals surface area contributed by atoms with Gasteiger partial charge < -0.3 is 9.47 Å². The number of rotatable bonds is 2. The van der Waals surface area contributed by atoms with Gasteiger partial charge in [0.1, 0.15) is 0 Å². The zero-order valence-electron chi connectivity index (χ0n) is 18.2. The van der Waals surface area contributed by atoms with Crippen LogP contribution in [0.2, 0.25) is 0 Å². The molecule has 0 aromatic heterocycles. The van der Waals surface area contributed by atoms with Crippen molar-refractivity contribution in [1.82, 2.24) is 0 Å². The van der Waals surface area contributed by atoms with Crippen molar-refractivity contribution >= 4 is 17.7 Å². The van der Waals surface area contributed by atoms with Gasteiger partial charge >= 0.3 is 11.9 Å². The van der Waals surface area contributed by atoms with Gasteiger partial charge in [-0.2, -0.15) is 0 Å². The molecule has 0 aromatic carbocycles. The third-order valence-corrected chi connectivity index (χ3v) is 8.78. The molecule has 2 fully saturated rings. The summed E-state index contributed by atoms with van der Waals surface area (Å²) in [6, 6.07) is 0. The third kappa shape index (κ3) is 2.62. The number of carbonyl (C=O) groups excluding carboxylic acids is 3. The molecule has 0 aliphatic heterocycles. The lowest BCUT2D eigenvalue weighted by molar-refractivity contribution is -0.200. The minimum absolute atomic E-state index is 0.00329. The molecule has 5 heteroatoms. The monoisotopic (exact) mass is 400 g/mol. The number of ether oxygens (including phenoxy) is 2. The second-order valence-corrected chi connectivity index (χ2v) is 9.99. The maximum Gasteiger partial charge on any atom is 0.350 e. The van der Waals surface area contributed by atoms with Crippen LogP contribution in [0.5, 0.6) is 0 Å². The van der Waals surface area contributed by atoms with E-state index >= 15 is 0 Å². The summed E-state index contributed by atoms with van der Waals surface area (Å²) in [5, 5.41) is 0. The van der Waals surface area contributed by atoms with Crippen LogP contribution in [0.15, 0.2) is 23.3 Å². The first-order chi connectivity index (χ1) is 13.6. The van der Waals surface area contributed by atoms with E-state index in [-0.39, 0.29) is 17.1 Å². The number of esters is 2. The smallest absolute Gasteiger partial charge is 0.350 e. The van der Waals surface area contributed by atoms with Crippen LogP contribution in [-0.4, -0.2) is 30.4 Å². The molecule has 158 valence electrons. The Labute approximate surface area is 172 Å². The quantitative estimate of drug-likeness (QED) is 0.651. The van der Waals surface area contributed by atoms with Crippen molar-refractivity contribution in [3.8, 4) is 0 Å². The average molecular weight is 401 g/mol. The SMILES string of the molecule is COC(=O)[C@@]1(OC(C)=O)CCC2C3C=C(C)C4=CC(=O)CCC4(C)C3CCC21C. The Hall–Kier alpha value is -1.91. The lowest BCUT2D eigenvalue weighted by Crippen LogP contribution is -2.59. The molecule has 0 heterocycles. The van der Waals surface area contributed by atoms with Crippen molar-refractivity contribution in [2.24, 2.45) is 28.6 Å². The molecule has 0 amide bonds. The molecule has 0 radical (unpaired) electrons. The second-order valence-electron chi connectivity index (χ2n) is 9.99. The first-order valence-electron chi connectivity index (χ1n) is 10.8. The van der Waals surface area contributed by atoms with E-state index in [0.29, 0.717) is 24.7 Å². The first-order valence-corrected chi connectivity index (χ1v) is 10.8. The van der Waals surface area contributed by atoms with Crippen LogP contribution < -0.4 is 0 Å². The Bertz CT molecular complexity index is 838. The van der Waals surface area contributed by atoms with E-state index in [1.807, 2.05) is 6.08 Å². The van der Waals surface area contributed by atoms with Crippen molar-refractivity contribution in [3.63, 3.8) is 0 Å². The van der Waals surface area contributed by atoms with Gasteiger partial charge in [-0.3, -0.25) is 9.59 Å². The van der Waals surface area contributed by atoms with Crippen molar-refractivity contribution in [2.45, 2.75) is 71.8 Å². The van der Waals surface area contributed by atoms with Crippen molar-refractivity contribution < 1.29 is 23.9 Å². The number of methoxy groups -OCH3 is 1. The fourth-order valence-electron chi connectivity index (χ4n) is 7.37. The zero-order chi connectivity index (χ0) is 21.2. The van der Waals surface area contributed by atoms with Gasteiger partial charge in [-0.25, -0.2) is 4.79 Å². The Kier molecular flexibility index (Phi) is 4.60. The summed E-state index contributed by atoms with van der Waals surface area (Å²) < 4.78 is 10.9. The molecule has 29 heavy (non-hydrogen) atoms. The highest BCUT2D eigenvalue weighted by atomic mass is 16.6. The largest absolute Gasteiger partial charge is 0.466 e. The van der Waals surface area contributed by atoms with Gasteiger partial charge in [-0.1, -0.05) is 25.5 Å². The molecule has 0 N–H and O–H groups in total. The number of carbonyl (C=O) groups is 3. The van der Waals surface area contributed by atoms with Crippen LogP contribution >= 0.6 is 0 Å². The van der Waals surface area contributed by atoms with E-state index in [1.165, 1.54) is 25.2 Å². The van der Waals surface area contributed by atoms with E-state index in [0.717, 1.165) is 25.7 Å². The molecule has 0 bridgehead atoms. The van der Waals surface area contributed by atoms with Gasteiger partial charge in [0.2, 0.25) is 5.60 Å². The fourth-order valence-corrected chi connectivity index (χ4v) is 7.37. The molecule has 6 atom stereocenters. The highest BCUT2D eigenvalue weighted by Crippen LogP contribution is 2.67. The Morgan fingerprint density at radius 3 is 2.45 bits per heavy atom. The summed E-state index contributed by atoms with van der Waals surface area (Å²) >= 11 is 0. The normalized spacial score (nSPS) is 43.3. The number of hydrogen-bond acceptors (Lipinski definition) is 5. The van der Waals surface area contributed by atoms with Crippen LogP contribution in [0.25, 0.3) is 0 Å². The van der Waals surface area contributed by atoms with E-state index in [2.05, 4.69) is 26.8 Å². The number of ketones is 1. The van der Waals surface area contributed by atoms with Crippen molar-refractivity contribution in [1.29, 1.82) is 0 Å². The number of allylic oxidation sites excluding steroid dienone is 4. The maximum absolute atomic E-state index is 12.9. The van der Waals surface area contributed by atoms with Crippen LogP contribution in [0.1, 0.15) is 66.2 Å². The van der Waals surface area contributed by atoms with Gasteiger partial charge in [-0.05, 0) is 73.8 Å². The Morgan fingerprint density at radius 1 is 1.10 bits per heavy atom. The predicted molar refractivity (Wildman–Crippen MR) is 108 cm³/mol. The minimum Gasteiger partial charge on any atom is -0.466 e. The highest BCUT2D eigenvalue weighted by molar-refractivity contribution is 5.92. The van der Waals surface area contributed by atoms with Crippen molar-refractivity contribution in [3.05, 3.63) is 23.3 Å². The standard InChI is InChI=1S/C24H32O5/c1-14-12-17-18(22(3)9-6-16(26)13-20(14)22)7-10-23(4)19(17)8-11-24(23,21(27)28-5)29-15(2)25/h12-13,17-19H,6-11H2,1-5H3/t17?,18?,19?,22?,23?,24-/m0/s1. The molecular weight excluding hydrogens is 368 g/mol. The van der Waals surface area contributed by atoms with Crippen LogP contribution in [-0.2, 0) is 23.9 Å². The molecule has 4 aliphatic carbocycles. The zero-order valence-corrected chi connectivity index (χ0v) is 18.2. The van der Waals surface area contributed by atoms with E-state index in [1.54, 1.807) is 0 Å². The van der Waals surface area contributed by atoms with Crippen LogP contribution in [0, 0.1) is 28.6 Å². The molecule has 2 saturated carbocycles. The summed E-state index contributed by atoms with van der Waals surface area (Å²) in [5.74, 6) is 0.358. The maximum atomic E-state index is 12.9. The molecule has 4 rings (SSSR count). The topological polar surface area (TPSA) is 69.7 Å². The average Bonchev–Trinajstić information content (AvgIpc) is 2.95. The van der Waals surface area contributed by atoms with Gasteiger partial charge in [0, 0.05) is 18.8 Å². The first kappa shape index (κ1) is 20.4. The fraction of sp³-hybridized carbons (Fsp3) is 0.708. The van der Waals surface area contributed by atoms with E-state index in [4.69, 9.17) is 9.47 Å². The molecule has 5 nitrogen and oxygen atoms in total. The van der Waals surface area contributed by atoms with Gasteiger partial charge in [0.15, 0.2) is 5.78 Å². The summed E-state index contributed by atoms with van der Waals surface area (Å²) in [6.07, 6.45) is 8.80. The second kappa shape index (κ2) is 6.55. The minimum atomic E-state index is -1.20. The van der Waals surface area contributed by atoms with Gasteiger partial charge in [-0.15, -0.1) is 0 Å². The van der Waals surface area contributed by atoms with E-state index in [9.17, 15) is 14.4 Å². The molecule has 4 aliphatic rings. The van der Waals surface area contributed by atoms with Crippen LogP contribution in [0.4, 0.5) is 0 Å². The number of hydrogen-bond donors (Lipinski definition) is 0. The molecule has 0 aromatic rings. The molecule has 0 spiro atoms. The summed E-state index contributed by atoms with van der Waals surface area (Å²) in [7, 11) is 1.37. The summed E-state index contributed by atoms with van der Waals surface area (Å²) in [6.45, 7) is 7.91. The molecule has 5 unspecified atom stereocenters. The highest BCUT2D eigenvalue weighted by Gasteiger charge is 2.69. The Balaban J connectivity index is 1.79. The van der Waals surface area contributed by atoms with Crippen molar-refractivity contribution in [2.75, 3.05) is 7.11 Å². The number of fused-ring (bicyclic) bond motifs is 5.